The quantitative estimate of drug-likeness (QED) is 0.345. The number of allylic oxidation sites excluding steroid dienone is 2. The number of carboxylic acid groups (broad SMARTS) is 1. The highest BCUT2D eigenvalue weighted by Gasteiger charge is 2.48. The fourth-order valence-corrected chi connectivity index (χ4v) is 6.38. The van der Waals surface area contributed by atoms with E-state index in [4.69, 9.17) is 5.11 Å². The molecular formula is C24H34N2O5S. The van der Waals surface area contributed by atoms with Gasteiger partial charge in [-0.05, 0) is 82.3 Å². The molecule has 2 aliphatic carbocycles. The topological polar surface area (TPSA) is 113 Å². The van der Waals surface area contributed by atoms with Gasteiger partial charge in [-0.2, -0.15) is 0 Å². The monoisotopic (exact) mass is 462 g/mol. The molecule has 1 amide bonds. The molecule has 2 bridgehead atoms. The third kappa shape index (κ3) is 6.19. The number of carbonyl (C=O) groups excluding carboxylic acids is 1. The highest BCUT2D eigenvalue weighted by Crippen LogP contribution is 2.50. The van der Waals surface area contributed by atoms with Crippen LogP contribution in [0, 0.1) is 24.7 Å². The van der Waals surface area contributed by atoms with Gasteiger partial charge in [-0.1, -0.05) is 29.8 Å². The number of fused-ring (bicyclic) bond motifs is 2. The summed E-state index contributed by atoms with van der Waals surface area (Å²) in [7, 11) is -3.54. The largest absolute Gasteiger partial charge is 0.480 e. The fourth-order valence-electron chi connectivity index (χ4n) is 5.02. The van der Waals surface area contributed by atoms with Crippen LogP contribution in [0.4, 0.5) is 0 Å². The van der Waals surface area contributed by atoms with Crippen LogP contribution in [0.25, 0.3) is 0 Å². The summed E-state index contributed by atoms with van der Waals surface area (Å²) in [5.41, 5.74) is 1.03. The lowest BCUT2D eigenvalue weighted by atomic mass is 9.83. The number of aryl methyl sites for hydroxylation is 1. The molecule has 176 valence electrons. The summed E-state index contributed by atoms with van der Waals surface area (Å²) in [5, 5.41) is 11.3. The summed E-state index contributed by atoms with van der Waals surface area (Å²) in [6.45, 7) is 3.38. The second-order valence-corrected chi connectivity index (χ2v) is 10.9. The Hall–Kier alpha value is -2.19. The van der Waals surface area contributed by atoms with E-state index in [1.54, 1.807) is 12.1 Å². The molecule has 32 heavy (non-hydrogen) atoms. The molecule has 0 spiro atoms. The van der Waals surface area contributed by atoms with Crippen molar-refractivity contribution in [2.45, 2.75) is 75.8 Å². The van der Waals surface area contributed by atoms with Crippen molar-refractivity contribution in [3.05, 3.63) is 42.0 Å². The number of carbonyl (C=O) groups is 2. The Labute approximate surface area is 190 Å². The molecule has 2 aliphatic rings. The SMILES string of the molecule is Cc1ccc(S(=O)(=O)NC2C3CCC(C3)C2C/C=C\CCCC(=O)NC(C)C(=O)O)cc1. The van der Waals surface area contributed by atoms with E-state index < -0.39 is 22.0 Å². The van der Waals surface area contributed by atoms with Gasteiger partial charge in [0.2, 0.25) is 15.9 Å². The fraction of sp³-hybridized carbons (Fsp3) is 0.583. The summed E-state index contributed by atoms with van der Waals surface area (Å²) < 4.78 is 28.8. The van der Waals surface area contributed by atoms with E-state index in [1.165, 1.54) is 6.92 Å². The van der Waals surface area contributed by atoms with Gasteiger partial charge >= 0.3 is 5.97 Å². The third-order valence-corrected chi connectivity index (χ3v) is 8.28. The van der Waals surface area contributed by atoms with Crippen molar-refractivity contribution in [1.29, 1.82) is 0 Å². The molecule has 5 unspecified atom stereocenters. The average molecular weight is 463 g/mol. The van der Waals surface area contributed by atoms with Crippen LogP contribution in [-0.4, -0.2) is 37.5 Å². The van der Waals surface area contributed by atoms with Crippen LogP contribution >= 0.6 is 0 Å². The zero-order valence-corrected chi connectivity index (χ0v) is 19.6. The second kappa shape index (κ2) is 10.6. The van der Waals surface area contributed by atoms with E-state index >= 15 is 0 Å². The van der Waals surface area contributed by atoms with Crippen molar-refractivity contribution >= 4 is 21.9 Å². The Morgan fingerprint density at radius 3 is 2.53 bits per heavy atom. The standard InChI is InChI=1S/C24H34N2O5S/c1-16-9-13-20(14-10-16)32(30,31)26-23-19-12-11-18(15-19)21(23)7-5-3-4-6-8-22(27)25-17(2)24(28)29/h3,5,9-10,13-14,17-19,21,23,26H,4,6-8,11-12,15H2,1-2H3,(H,25,27)(H,28,29)/b5-3-. The van der Waals surface area contributed by atoms with Crippen LogP contribution in [0.15, 0.2) is 41.3 Å². The van der Waals surface area contributed by atoms with Crippen molar-refractivity contribution in [3.63, 3.8) is 0 Å². The first-order valence-electron chi connectivity index (χ1n) is 11.4. The predicted octanol–water partition coefficient (Wildman–Crippen LogP) is 3.39. The maximum Gasteiger partial charge on any atom is 0.325 e. The molecule has 3 rings (SSSR count). The lowest BCUT2D eigenvalue weighted by molar-refractivity contribution is -0.141. The number of amides is 1. The summed E-state index contributed by atoms with van der Waals surface area (Å²) in [6, 6.07) is 6.04. The van der Waals surface area contributed by atoms with Crippen LogP contribution in [0.1, 0.15) is 57.4 Å². The summed E-state index contributed by atoms with van der Waals surface area (Å²) in [4.78, 5) is 22.8. The van der Waals surface area contributed by atoms with Crippen molar-refractivity contribution in [2.75, 3.05) is 0 Å². The molecule has 0 aromatic heterocycles. The Morgan fingerprint density at radius 2 is 1.84 bits per heavy atom. The molecule has 8 heteroatoms. The van der Waals surface area contributed by atoms with Crippen LogP contribution in [-0.2, 0) is 19.6 Å². The van der Waals surface area contributed by atoms with Crippen molar-refractivity contribution in [2.24, 2.45) is 17.8 Å². The van der Waals surface area contributed by atoms with Gasteiger partial charge in [0.15, 0.2) is 0 Å². The van der Waals surface area contributed by atoms with Crippen LogP contribution < -0.4 is 10.0 Å². The lowest BCUT2D eigenvalue weighted by Gasteiger charge is -2.31. The predicted molar refractivity (Wildman–Crippen MR) is 122 cm³/mol. The highest BCUT2D eigenvalue weighted by molar-refractivity contribution is 7.89. The molecule has 3 N–H and O–H groups in total. The first-order chi connectivity index (χ1) is 15.2. The van der Waals surface area contributed by atoms with Gasteiger partial charge in [-0.15, -0.1) is 0 Å². The van der Waals surface area contributed by atoms with Crippen molar-refractivity contribution < 1.29 is 23.1 Å². The molecule has 7 nitrogen and oxygen atoms in total. The highest BCUT2D eigenvalue weighted by atomic mass is 32.2. The van der Waals surface area contributed by atoms with Gasteiger partial charge in [0.25, 0.3) is 0 Å². The van der Waals surface area contributed by atoms with E-state index in [0.717, 1.165) is 37.7 Å². The minimum absolute atomic E-state index is 0.0343. The molecule has 0 heterocycles. The van der Waals surface area contributed by atoms with E-state index in [0.29, 0.717) is 29.1 Å². The molecule has 2 saturated carbocycles. The van der Waals surface area contributed by atoms with E-state index in [1.807, 2.05) is 25.1 Å². The molecule has 5 atom stereocenters. The molecule has 0 radical (unpaired) electrons. The number of rotatable bonds is 11. The molecule has 1 aromatic rings. The zero-order chi connectivity index (χ0) is 23.3. The summed E-state index contributed by atoms with van der Waals surface area (Å²) in [5.74, 6) is -0.0502. The van der Waals surface area contributed by atoms with Gasteiger partial charge in [0.05, 0.1) is 4.90 Å². The van der Waals surface area contributed by atoms with E-state index in [2.05, 4.69) is 16.1 Å². The Kier molecular flexibility index (Phi) is 8.11. The van der Waals surface area contributed by atoms with E-state index in [-0.39, 0.29) is 18.4 Å². The number of nitrogens with one attached hydrogen (secondary N) is 2. The lowest BCUT2D eigenvalue weighted by Crippen LogP contribution is -2.43. The molecule has 1 aromatic carbocycles. The van der Waals surface area contributed by atoms with Crippen LogP contribution in [0.2, 0.25) is 0 Å². The maximum atomic E-state index is 12.9. The van der Waals surface area contributed by atoms with Crippen LogP contribution in [0.3, 0.4) is 0 Å². The summed E-state index contributed by atoms with van der Waals surface area (Å²) in [6.07, 6.45) is 9.97. The Bertz CT molecular complexity index is 942. The smallest absolute Gasteiger partial charge is 0.325 e. The number of benzene rings is 1. The first kappa shape index (κ1) is 24.5. The minimum Gasteiger partial charge on any atom is -0.480 e. The number of hydrogen-bond donors (Lipinski definition) is 3. The zero-order valence-electron chi connectivity index (χ0n) is 18.8. The first-order valence-corrected chi connectivity index (χ1v) is 12.9. The number of aliphatic carboxylic acids is 1. The second-order valence-electron chi connectivity index (χ2n) is 9.18. The Balaban J connectivity index is 1.49. The number of carboxylic acids is 1. The van der Waals surface area contributed by atoms with Gasteiger partial charge in [-0.25, -0.2) is 13.1 Å². The van der Waals surface area contributed by atoms with E-state index in [9.17, 15) is 18.0 Å². The maximum absolute atomic E-state index is 12.9. The van der Waals surface area contributed by atoms with Crippen LogP contribution in [0.5, 0.6) is 0 Å². The van der Waals surface area contributed by atoms with Crippen molar-refractivity contribution in [3.8, 4) is 0 Å². The van der Waals surface area contributed by atoms with Gasteiger partial charge in [0.1, 0.15) is 6.04 Å². The van der Waals surface area contributed by atoms with Gasteiger partial charge in [0, 0.05) is 12.5 Å². The van der Waals surface area contributed by atoms with Gasteiger partial charge in [-0.3, -0.25) is 9.59 Å². The number of unbranched alkanes of at least 4 members (excludes halogenated alkanes) is 1. The van der Waals surface area contributed by atoms with Gasteiger partial charge < -0.3 is 10.4 Å². The molecule has 0 aliphatic heterocycles. The summed E-state index contributed by atoms with van der Waals surface area (Å²) >= 11 is 0. The Morgan fingerprint density at radius 1 is 1.16 bits per heavy atom. The number of sulfonamides is 1. The number of hydrogen-bond acceptors (Lipinski definition) is 4. The molecule has 2 fully saturated rings. The third-order valence-electron chi connectivity index (χ3n) is 6.81. The average Bonchev–Trinajstić information content (AvgIpc) is 3.33. The molecule has 0 saturated heterocycles. The van der Waals surface area contributed by atoms with Crippen molar-refractivity contribution in [1.82, 2.24) is 10.0 Å². The molecular weight excluding hydrogens is 428 g/mol. The minimum atomic E-state index is -3.54. The normalized spacial score (nSPS) is 25.8.